The quantitative estimate of drug-likeness (QED) is 0.516. The summed E-state index contributed by atoms with van der Waals surface area (Å²) in [7, 11) is 0. The van der Waals surface area contributed by atoms with Crippen LogP contribution in [-0.2, 0) is 22.4 Å². The average Bonchev–Trinajstić information content (AvgIpc) is 2.64. The Balaban J connectivity index is 1.95. The number of esters is 1. The zero-order valence-electron chi connectivity index (χ0n) is 14.5. The third-order valence-electron chi connectivity index (χ3n) is 4.49. The number of rotatable bonds is 4. The summed E-state index contributed by atoms with van der Waals surface area (Å²) in [4.78, 5) is 29.5. The Morgan fingerprint density at radius 1 is 1.27 bits per heavy atom. The van der Waals surface area contributed by atoms with Crippen molar-refractivity contribution in [3.8, 4) is 6.07 Å². The Hall–Kier alpha value is -3.20. The highest BCUT2D eigenvalue weighted by molar-refractivity contribution is 6.07. The zero-order valence-corrected chi connectivity index (χ0v) is 14.5. The summed E-state index contributed by atoms with van der Waals surface area (Å²) in [5.74, 6) is -1.17. The minimum Gasteiger partial charge on any atom is -0.454 e. The van der Waals surface area contributed by atoms with E-state index in [9.17, 15) is 9.59 Å². The summed E-state index contributed by atoms with van der Waals surface area (Å²) in [6.07, 6.45) is 3.61. The van der Waals surface area contributed by atoms with E-state index in [1.165, 1.54) is 6.92 Å². The van der Waals surface area contributed by atoms with E-state index in [1.54, 1.807) is 6.07 Å². The molecule has 0 spiro atoms. The Labute approximate surface area is 151 Å². The van der Waals surface area contributed by atoms with E-state index in [0.29, 0.717) is 5.56 Å². The van der Waals surface area contributed by atoms with Crippen LogP contribution in [0.25, 0.3) is 10.9 Å². The van der Waals surface area contributed by atoms with Crippen LogP contribution in [0.4, 0.5) is 0 Å². The number of aromatic nitrogens is 1. The number of ketones is 1. The fourth-order valence-electron chi connectivity index (χ4n) is 3.25. The molecule has 1 aromatic heterocycles. The fraction of sp³-hybridized carbons (Fsp3) is 0.300. The molecule has 0 atom stereocenters. The first-order valence-electron chi connectivity index (χ1n) is 8.50. The summed E-state index contributed by atoms with van der Waals surface area (Å²) in [6.45, 7) is 0.951. The molecule has 132 valence electrons. The molecule has 1 aliphatic rings. The van der Waals surface area contributed by atoms with Crippen molar-refractivity contribution < 1.29 is 14.3 Å². The number of benzene rings is 1. The molecule has 0 aliphatic heterocycles. The Bertz CT molecular complexity index is 966. The number of nitrogens with zero attached hydrogens (tertiary/aromatic N) is 2. The molecular formula is C20H19N3O3. The van der Waals surface area contributed by atoms with Gasteiger partial charge >= 0.3 is 5.97 Å². The van der Waals surface area contributed by atoms with Crippen molar-refractivity contribution in [1.82, 2.24) is 4.98 Å². The molecule has 0 radical (unpaired) electrons. The molecule has 0 saturated carbocycles. The fourth-order valence-corrected chi connectivity index (χ4v) is 3.25. The Morgan fingerprint density at radius 3 is 2.73 bits per heavy atom. The van der Waals surface area contributed by atoms with Crippen molar-refractivity contribution in [2.75, 3.05) is 6.61 Å². The predicted octanol–water partition coefficient (Wildman–Crippen LogP) is 2.60. The van der Waals surface area contributed by atoms with Crippen LogP contribution < -0.4 is 5.73 Å². The van der Waals surface area contributed by atoms with E-state index in [4.69, 9.17) is 15.7 Å². The topological polar surface area (TPSA) is 106 Å². The highest BCUT2D eigenvalue weighted by Gasteiger charge is 2.24. The SMILES string of the molecule is CC(N)=C(C#N)C(=O)COC(=O)c1c2c(nc3ccccc13)CCCC2. The number of carbonyl (C=O) groups excluding carboxylic acids is 2. The van der Waals surface area contributed by atoms with Gasteiger partial charge in [-0.15, -0.1) is 0 Å². The number of Topliss-reactive ketones (excluding diaryl/α,β-unsaturated/α-hetero) is 1. The lowest BCUT2D eigenvalue weighted by atomic mass is 9.90. The summed E-state index contributed by atoms with van der Waals surface area (Å²) in [5.41, 5.74) is 8.49. The number of nitriles is 1. The summed E-state index contributed by atoms with van der Waals surface area (Å²) in [6, 6.07) is 9.16. The maximum atomic E-state index is 12.8. The molecule has 26 heavy (non-hydrogen) atoms. The summed E-state index contributed by atoms with van der Waals surface area (Å²) < 4.78 is 5.24. The first-order chi connectivity index (χ1) is 12.5. The van der Waals surface area contributed by atoms with Gasteiger partial charge in [0, 0.05) is 16.8 Å². The van der Waals surface area contributed by atoms with Crippen LogP contribution in [0.5, 0.6) is 0 Å². The molecule has 2 aromatic rings. The number of pyridine rings is 1. The molecule has 2 N–H and O–H groups in total. The number of fused-ring (bicyclic) bond motifs is 2. The number of ether oxygens (including phenoxy) is 1. The summed E-state index contributed by atoms with van der Waals surface area (Å²) in [5, 5.41) is 9.71. The molecule has 0 unspecified atom stereocenters. The van der Waals surface area contributed by atoms with Crippen molar-refractivity contribution >= 4 is 22.7 Å². The molecule has 0 amide bonds. The average molecular weight is 349 g/mol. The van der Waals surface area contributed by atoms with Gasteiger partial charge in [-0.25, -0.2) is 4.79 Å². The second kappa shape index (κ2) is 7.36. The second-order valence-corrected chi connectivity index (χ2v) is 6.31. The number of hydrogen-bond donors (Lipinski definition) is 1. The van der Waals surface area contributed by atoms with E-state index in [-0.39, 0.29) is 11.3 Å². The van der Waals surface area contributed by atoms with Crippen molar-refractivity contribution in [2.45, 2.75) is 32.6 Å². The number of aryl methyl sites for hydroxylation is 1. The van der Waals surface area contributed by atoms with E-state index in [0.717, 1.165) is 47.8 Å². The molecule has 0 bridgehead atoms. The molecule has 0 fully saturated rings. The zero-order chi connectivity index (χ0) is 18.7. The first kappa shape index (κ1) is 17.6. The van der Waals surface area contributed by atoms with Gasteiger partial charge in [0.05, 0.1) is 11.1 Å². The van der Waals surface area contributed by atoms with Gasteiger partial charge in [-0.1, -0.05) is 18.2 Å². The minimum atomic E-state index is -0.604. The van der Waals surface area contributed by atoms with Gasteiger partial charge in [0.1, 0.15) is 11.6 Å². The lowest BCUT2D eigenvalue weighted by Gasteiger charge is -2.19. The number of carbonyl (C=O) groups is 2. The lowest BCUT2D eigenvalue weighted by Crippen LogP contribution is -2.20. The predicted molar refractivity (Wildman–Crippen MR) is 96.2 cm³/mol. The third-order valence-corrected chi connectivity index (χ3v) is 4.49. The van der Waals surface area contributed by atoms with E-state index < -0.39 is 18.4 Å². The largest absolute Gasteiger partial charge is 0.454 e. The normalized spacial score (nSPS) is 14.2. The highest BCUT2D eigenvalue weighted by Crippen LogP contribution is 2.29. The highest BCUT2D eigenvalue weighted by atomic mass is 16.5. The number of para-hydroxylation sites is 1. The van der Waals surface area contributed by atoms with E-state index in [2.05, 4.69) is 4.98 Å². The monoisotopic (exact) mass is 349 g/mol. The molecule has 1 aromatic carbocycles. The lowest BCUT2D eigenvalue weighted by molar-refractivity contribution is -0.118. The molecule has 0 saturated heterocycles. The van der Waals surface area contributed by atoms with Gasteiger partial charge in [-0.3, -0.25) is 9.78 Å². The van der Waals surface area contributed by atoms with Crippen LogP contribution in [0.15, 0.2) is 35.5 Å². The molecule has 6 nitrogen and oxygen atoms in total. The molecule has 1 heterocycles. The van der Waals surface area contributed by atoms with Gasteiger partial charge in [-0.2, -0.15) is 5.26 Å². The molecule has 6 heteroatoms. The smallest absolute Gasteiger partial charge is 0.339 e. The maximum absolute atomic E-state index is 12.8. The van der Waals surface area contributed by atoms with Gasteiger partial charge in [-0.05, 0) is 44.2 Å². The van der Waals surface area contributed by atoms with Crippen LogP contribution in [0.1, 0.15) is 41.4 Å². The molecular weight excluding hydrogens is 330 g/mol. The van der Waals surface area contributed by atoms with Crippen LogP contribution in [0.3, 0.4) is 0 Å². The Morgan fingerprint density at radius 2 is 2.00 bits per heavy atom. The Kier molecular flexibility index (Phi) is 4.99. The molecule has 1 aliphatic carbocycles. The van der Waals surface area contributed by atoms with Crippen molar-refractivity contribution in [1.29, 1.82) is 5.26 Å². The van der Waals surface area contributed by atoms with Crippen molar-refractivity contribution in [3.05, 3.63) is 52.4 Å². The van der Waals surface area contributed by atoms with Crippen molar-refractivity contribution in [3.63, 3.8) is 0 Å². The van der Waals surface area contributed by atoms with E-state index in [1.807, 2.05) is 24.3 Å². The van der Waals surface area contributed by atoms with Crippen molar-refractivity contribution in [2.24, 2.45) is 5.73 Å². The minimum absolute atomic E-state index is 0.111. The standard InChI is InChI=1S/C20H19N3O3/c1-12(22)15(10-21)18(24)11-26-20(25)19-13-6-2-4-8-16(13)23-17-9-5-3-7-14(17)19/h2,4,6,8H,3,5,7,9,11,22H2,1H3. The van der Waals surface area contributed by atoms with Crippen LogP contribution >= 0.6 is 0 Å². The number of hydrogen-bond acceptors (Lipinski definition) is 6. The van der Waals surface area contributed by atoms with Gasteiger partial charge in [0.25, 0.3) is 0 Å². The third kappa shape index (κ3) is 3.29. The van der Waals surface area contributed by atoms with Gasteiger partial charge in [0.2, 0.25) is 5.78 Å². The number of allylic oxidation sites excluding steroid dienone is 1. The van der Waals surface area contributed by atoms with Gasteiger partial charge < -0.3 is 10.5 Å². The van der Waals surface area contributed by atoms with Gasteiger partial charge in [0.15, 0.2) is 6.61 Å². The van der Waals surface area contributed by atoms with E-state index >= 15 is 0 Å². The number of nitrogens with two attached hydrogens (primary N) is 1. The second-order valence-electron chi connectivity index (χ2n) is 6.31. The summed E-state index contributed by atoms with van der Waals surface area (Å²) >= 11 is 0. The van der Waals surface area contributed by atoms with Crippen LogP contribution in [0.2, 0.25) is 0 Å². The maximum Gasteiger partial charge on any atom is 0.339 e. The van der Waals surface area contributed by atoms with Crippen LogP contribution in [-0.4, -0.2) is 23.3 Å². The molecule has 3 rings (SSSR count). The van der Waals surface area contributed by atoms with Crippen LogP contribution in [0, 0.1) is 11.3 Å². The first-order valence-corrected chi connectivity index (χ1v) is 8.50.